The van der Waals surface area contributed by atoms with Crippen LogP contribution in [0.3, 0.4) is 0 Å². The van der Waals surface area contributed by atoms with E-state index in [1.165, 1.54) is 5.56 Å². The minimum absolute atomic E-state index is 0.179. The first-order valence-electron chi connectivity index (χ1n) is 5.12. The van der Waals surface area contributed by atoms with E-state index in [0.29, 0.717) is 12.6 Å². The zero-order valence-electron chi connectivity index (χ0n) is 8.49. The van der Waals surface area contributed by atoms with Gasteiger partial charge in [-0.3, -0.25) is 0 Å². The Morgan fingerprint density at radius 1 is 1.64 bits per heavy atom. The number of hydrogen-bond acceptors (Lipinski definition) is 3. The third-order valence-electron chi connectivity index (χ3n) is 3.12. The maximum atomic E-state index is 9.14. The minimum Gasteiger partial charge on any atom is -0.472 e. The zero-order chi connectivity index (χ0) is 10.0. The van der Waals surface area contributed by atoms with E-state index in [2.05, 4.69) is 12.2 Å². The van der Waals surface area contributed by atoms with Gasteiger partial charge in [0.05, 0.1) is 12.5 Å². The molecule has 0 radical (unpaired) electrons. The van der Waals surface area contributed by atoms with Gasteiger partial charge in [0, 0.05) is 30.2 Å². The van der Waals surface area contributed by atoms with E-state index in [9.17, 15) is 0 Å². The fraction of sp³-hybridized carbons (Fsp3) is 0.636. The van der Waals surface area contributed by atoms with Crippen LogP contribution in [0.1, 0.15) is 31.4 Å². The van der Waals surface area contributed by atoms with Crippen molar-refractivity contribution in [2.75, 3.05) is 13.2 Å². The highest BCUT2D eigenvalue weighted by Crippen LogP contribution is 2.44. The van der Waals surface area contributed by atoms with Crippen LogP contribution in [0.5, 0.6) is 0 Å². The van der Waals surface area contributed by atoms with Crippen molar-refractivity contribution in [3.8, 4) is 0 Å². The topological polar surface area (TPSA) is 45.4 Å². The highest BCUT2D eigenvalue weighted by atomic mass is 16.3. The Bertz CT molecular complexity index is 277. The molecule has 0 spiro atoms. The average Bonchev–Trinajstić information content (AvgIpc) is 2.78. The van der Waals surface area contributed by atoms with Crippen molar-refractivity contribution < 1.29 is 9.52 Å². The van der Waals surface area contributed by atoms with E-state index in [4.69, 9.17) is 9.52 Å². The molecule has 2 N–H and O–H groups in total. The molecule has 0 amide bonds. The summed E-state index contributed by atoms with van der Waals surface area (Å²) in [5.41, 5.74) is 1.34. The molecule has 14 heavy (non-hydrogen) atoms. The zero-order valence-corrected chi connectivity index (χ0v) is 8.49. The summed E-state index contributed by atoms with van der Waals surface area (Å²) in [6, 6.07) is 2.27. The van der Waals surface area contributed by atoms with Crippen LogP contribution < -0.4 is 5.32 Å². The smallest absolute Gasteiger partial charge is 0.0950 e. The molecule has 0 saturated heterocycles. The Balaban J connectivity index is 1.81. The Hall–Kier alpha value is -0.800. The molecule has 1 aliphatic carbocycles. The van der Waals surface area contributed by atoms with Gasteiger partial charge in [-0.2, -0.15) is 0 Å². The van der Waals surface area contributed by atoms with Gasteiger partial charge in [0.1, 0.15) is 0 Å². The second kappa shape index (κ2) is 3.75. The van der Waals surface area contributed by atoms with E-state index in [1.807, 2.05) is 6.07 Å². The summed E-state index contributed by atoms with van der Waals surface area (Å²) >= 11 is 0. The normalized spacial score (nSPS) is 20.7. The minimum atomic E-state index is 0.179. The van der Waals surface area contributed by atoms with Crippen LogP contribution in [0, 0.1) is 5.41 Å². The van der Waals surface area contributed by atoms with Crippen LogP contribution >= 0.6 is 0 Å². The Morgan fingerprint density at radius 2 is 2.43 bits per heavy atom. The quantitative estimate of drug-likeness (QED) is 0.751. The van der Waals surface area contributed by atoms with E-state index < -0.39 is 0 Å². The Morgan fingerprint density at radius 3 is 2.93 bits per heavy atom. The molecule has 0 aliphatic heterocycles. The summed E-state index contributed by atoms with van der Waals surface area (Å²) in [5, 5.41) is 12.6. The lowest BCUT2D eigenvalue weighted by Gasteiger charge is -2.17. The highest BCUT2D eigenvalue weighted by molar-refractivity contribution is 5.10. The summed E-state index contributed by atoms with van der Waals surface area (Å²) in [5.74, 6) is 0. The molecule has 3 heteroatoms. The van der Waals surface area contributed by atoms with Crippen molar-refractivity contribution >= 4 is 0 Å². The van der Waals surface area contributed by atoms with Gasteiger partial charge in [-0.05, 0) is 25.8 Å². The van der Waals surface area contributed by atoms with Gasteiger partial charge in [-0.25, -0.2) is 0 Å². The van der Waals surface area contributed by atoms with Crippen molar-refractivity contribution in [2.45, 2.75) is 25.8 Å². The fourth-order valence-corrected chi connectivity index (χ4v) is 1.58. The average molecular weight is 195 g/mol. The molecule has 0 aromatic carbocycles. The number of hydrogen-bond donors (Lipinski definition) is 2. The SMILES string of the molecule is CC(NCC1(CO)CC1)c1ccoc1. The van der Waals surface area contributed by atoms with Crippen molar-refractivity contribution in [3.63, 3.8) is 0 Å². The lowest BCUT2D eigenvalue weighted by atomic mass is 10.1. The van der Waals surface area contributed by atoms with Crippen molar-refractivity contribution in [2.24, 2.45) is 5.41 Å². The van der Waals surface area contributed by atoms with E-state index in [0.717, 1.165) is 19.4 Å². The number of aliphatic hydroxyl groups is 1. The molecule has 1 aromatic rings. The molecule has 1 aromatic heterocycles. The fourth-order valence-electron chi connectivity index (χ4n) is 1.58. The lowest BCUT2D eigenvalue weighted by Crippen LogP contribution is -2.28. The first-order valence-corrected chi connectivity index (χ1v) is 5.12. The van der Waals surface area contributed by atoms with E-state index in [-0.39, 0.29) is 5.41 Å². The Kier molecular flexibility index (Phi) is 2.61. The molecule has 1 aliphatic rings. The molecule has 3 nitrogen and oxygen atoms in total. The predicted octanol–water partition coefficient (Wildman–Crippen LogP) is 1.70. The molecular weight excluding hydrogens is 178 g/mol. The number of aliphatic hydroxyl groups excluding tert-OH is 1. The summed E-state index contributed by atoms with van der Waals surface area (Å²) < 4.78 is 5.02. The number of rotatable bonds is 5. The summed E-state index contributed by atoms with van der Waals surface area (Å²) in [6.07, 6.45) is 5.74. The molecule has 1 atom stereocenters. The van der Waals surface area contributed by atoms with Gasteiger partial charge in [-0.15, -0.1) is 0 Å². The van der Waals surface area contributed by atoms with Crippen LogP contribution in [0.2, 0.25) is 0 Å². The van der Waals surface area contributed by atoms with Crippen LogP contribution in [0.4, 0.5) is 0 Å². The molecular formula is C11H17NO2. The van der Waals surface area contributed by atoms with Gasteiger partial charge in [0.2, 0.25) is 0 Å². The second-order valence-corrected chi connectivity index (χ2v) is 4.32. The van der Waals surface area contributed by atoms with Crippen LogP contribution in [0.25, 0.3) is 0 Å². The largest absolute Gasteiger partial charge is 0.472 e. The molecule has 78 valence electrons. The molecule has 1 heterocycles. The van der Waals surface area contributed by atoms with Crippen LogP contribution in [0.15, 0.2) is 23.0 Å². The number of furan rings is 1. The molecule has 1 fully saturated rings. The van der Waals surface area contributed by atoms with Crippen molar-refractivity contribution in [1.29, 1.82) is 0 Å². The maximum absolute atomic E-state index is 9.14. The molecule has 1 saturated carbocycles. The molecule has 1 unspecified atom stereocenters. The first-order chi connectivity index (χ1) is 6.76. The monoisotopic (exact) mass is 195 g/mol. The third kappa shape index (κ3) is 1.99. The van der Waals surface area contributed by atoms with Crippen LogP contribution in [-0.4, -0.2) is 18.3 Å². The summed E-state index contributed by atoms with van der Waals surface area (Å²) in [7, 11) is 0. The Labute approximate surface area is 84.1 Å². The summed E-state index contributed by atoms with van der Waals surface area (Å²) in [4.78, 5) is 0. The molecule has 0 bridgehead atoms. The predicted molar refractivity (Wildman–Crippen MR) is 53.9 cm³/mol. The van der Waals surface area contributed by atoms with Crippen molar-refractivity contribution in [3.05, 3.63) is 24.2 Å². The highest BCUT2D eigenvalue weighted by Gasteiger charge is 2.41. The van der Waals surface area contributed by atoms with Gasteiger partial charge in [0.15, 0.2) is 0 Å². The van der Waals surface area contributed by atoms with E-state index >= 15 is 0 Å². The third-order valence-corrected chi connectivity index (χ3v) is 3.12. The lowest BCUT2D eigenvalue weighted by molar-refractivity contribution is 0.204. The van der Waals surface area contributed by atoms with E-state index in [1.54, 1.807) is 12.5 Å². The standard InChI is InChI=1S/C11H17NO2/c1-9(10-2-5-14-6-10)12-7-11(8-13)3-4-11/h2,5-6,9,12-13H,3-4,7-8H2,1H3. The van der Waals surface area contributed by atoms with Gasteiger partial charge in [-0.1, -0.05) is 0 Å². The molecule has 2 rings (SSSR count). The van der Waals surface area contributed by atoms with Gasteiger partial charge < -0.3 is 14.8 Å². The van der Waals surface area contributed by atoms with Gasteiger partial charge >= 0.3 is 0 Å². The van der Waals surface area contributed by atoms with Crippen molar-refractivity contribution in [1.82, 2.24) is 5.32 Å². The van der Waals surface area contributed by atoms with Gasteiger partial charge in [0.25, 0.3) is 0 Å². The first kappa shape index (κ1) is 9.74. The maximum Gasteiger partial charge on any atom is 0.0950 e. The number of nitrogens with one attached hydrogen (secondary N) is 1. The second-order valence-electron chi connectivity index (χ2n) is 4.32. The summed E-state index contributed by atoms with van der Waals surface area (Å²) in [6.45, 7) is 3.31. The van der Waals surface area contributed by atoms with Crippen LogP contribution in [-0.2, 0) is 0 Å².